The number of hydrogen-bond acceptors (Lipinski definition) is 2. The molecular formula is C41H30BNS. The molecule has 0 saturated heterocycles. The first kappa shape index (κ1) is 24.2. The average Bonchev–Trinajstić information content (AvgIpc) is 3.04. The van der Waals surface area contributed by atoms with Crippen molar-refractivity contribution in [1.82, 2.24) is 0 Å². The Bertz CT molecular complexity index is 2110. The van der Waals surface area contributed by atoms with Crippen molar-refractivity contribution in [1.29, 1.82) is 0 Å². The van der Waals surface area contributed by atoms with E-state index >= 15 is 0 Å². The molecule has 11 rings (SSSR count). The molecule has 0 amide bonds. The van der Waals surface area contributed by atoms with Crippen LogP contribution in [0.2, 0.25) is 0 Å². The van der Waals surface area contributed by atoms with E-state index in [-0.39, 0.29) is 12.3 Å². The minimum Gasteiger partial charge on any atom is -0.333 e. The number of benzene rings is 5. The second kappa shape index (κ2) is 8.08. The van der Waals surface area contributed by atoms with Crippen molar-refractivity contribution in [2.75, 3.05) is 4.90 Å². The van der Waals surface area contributed by atoms with Gasteiger partial charge in [0.15, 0.2) is 0 Å². The molecule has 1 fully saturated rings. The summed E-state index contributed by atoms with van der Waals surface area (Å²) in [6.45, 7) is 2.74. The molecule has 5 aromatic rings. The van der Waals surface area contributed by atoms with E-state index in [0.29, 0.717) is 5.92 Å². The van der Waals surface area contributed by atoms with Crippen LogP contribution in [0.5, 0.6) is 0 Å². The second-order valence-corrected chi connectivity index (χ2v) is 14.9. The van der Waals surface area contributed by atoms with Gasteiger partial charge in [-0.05, 0) is 83.1 Å². The fourth-order valence-electron chi connectivity index (χ4n) is 10.2. The first-order valence-corrected chi connectivity index (χ1v) is 16.9. The SMILES string of the molecule is CC1(N2c3cccc4c3B3c5c(cccc5C(c5ccccc5)(c5ccccc5)c5cccc2c53)S4)C=C2CC3=CC(C1)C32. The standard InChI is InChI=1S/C41H30BNS/c1-40(23-26-21-25-22-27(24-40)36(25)26)43-32-17-8-15-30-37(32)42-38-31(16-9-19-34(38)44-35-20-10-18-33(43)39(35)42)41(30,28-11-4-2-5-12-28)29-13-6-3-7-14-29/h2-21,24,26,36H,22-23H2,1H3. The molecule has 0 bridgehead atoms. The third-order valence-electron chi connectivity index (χ3n) is 11.7. The van der Waals surface area contributed by atoms with Crippen LogP contribution >= 0.6 is 11.8 Å². The molecule has 0 aromatic heterocycles. The minimum atomic E-state index is -0.414. The van der Waals surface area contributed by atoms with Crippen molar-refractivity contribution in [2.24, 2.45) is 11.8 Å². The Hall–Kier alpha value is -4.21. The van der Waals surface area contributed by atoms with Gasteiger partial charge < -0.3 is 4.90 Å². The second-order valence-electron chi connectivity index (χ2n) is 13.8. The first-order chi connectivity index (χ1) is 21.7. The van der Waals surface area contributed by atoms with Crippen LogP contribution in [-0.2, 0) is 5.41 Å². The Morgan fingerprint density at radius 2 is 1.27 bits per heavy atom. The highest BCUT2D eigenvalue weighted by molar-refractivity contribution is 8.00. The molecule has 1 nitrogen and oxygen atoms in total. The van der Waals surface area contributed by atoms with Crippen LogP contribution < -0.4 is 21.3 Å². The van der Waals surface area contributed by atoms with Crippen molar-refractivity contribution in [3.63, 3.8) is 0 Å². The maximum Gasteiger partial charge on any atom is 0.250 e. The van der Waals surface area contributed by atoms with Crippen LogP contribution in [0.3, 0.4) is 0 Å². The van der Waals surface area contributed by atoms with Gasteiger partial charge in [0.25, 0.3) is 0 Å². The Morgan fingerprint density at radius 3 is 1.95 bits per heavy atom. The van der Waals surface area contributed by atoms with E-state index in [0.717, 1.165) is 5.92 Å². The summed E-state index contributed by atoms with van der Waals surface area (Å²) in [5, 5.41) is 0. The topological polar surface area (TPSA) is 3.24 Å². The van der Waals surface area contributed by atoms with E-state index in [1.54, 1.807) is 11.1 Å². The lowest BCUT2D eigenvalue weighted by molar-refractivity contribution is 0.276. The predicted molar refractivity (Wildman–Crippen MR) is 183 cm³/mol. The Balaban J connectivity index is 1.29. The molecule has 5 aromatic carbocycles. The van der Waals surface area contributed by atoms with Crippen LogP contribution in [-0.4, -0.2) is 12.3 Å². The summed E-state index contributed by atoms with van der Waals surface area (Å²) < 4.78 is 0. The van der Waals surface area contributed by atoms with Gasteiger partial charge in [-0.15, -0.1) is 0 Å². The van der Waals surface area contributed by atoms with E-state index in [4.69, 9.17) is 0 Å². The van der Waals surface area contributed by atoms with Gasteiger partial charge in [0.1, 0.15) is 0 Å². The monoisotopic (exact) mass is 579 g/mol. The molecule has 1 saturated carbocycles. The van der Waals surface area contributed by atoms with Crippen LogP contribution in [0.15, 0.2) is 148 Å². The molecule has 0 radical (unpaired) electrons. The Labute approximate surface area is 263 Å². The molecule has 0 spiro atoms. The van der Waals surface area contributed by atoms with E-state index in [2.05, 4.69) is 139 Å². The molecule has 3 aliphatic carbocycles. The first-order valence-electron chi connectivity index (χ1n) is 16.1. The van der Waals surface area contributed by atoms with Crippen molar-refractivity contribution in [3.8, 4) is 0 Å². The van der Waals surface area contributed by atoms with Crippen LogP contribution in [0.4, 0.5) is 11.4 Å². The van der Waals surface area contributed by atoms with Gasteiger partial charge >= 0.3 is 0 Å². The van der Waals surface area contributed by atoms with E-state index in [9.17, 15) is 0 Å². The van der Waals surface area contributed by atoms with Crippen LogP contribution in [0.1, 0.15) is 42.0 Å². The molecule has 6 aliphatic rings. The number of anilines is 2. The van der Waals surface area contributed by atoms with Gasteiger partial charge in [-0.1, -0.05) is 132 Å². The van der Waals surface area contributed by atoms with Gasteiger partial charge in [-0.2, -0.15) is 0 Å². The van der Waals surface area contributed by atoms with E-state index < -0.39 is 5.41 Å². The zero-order valence-corrected chi connectivity index (χ0v) is 25.4. The summed E-state index contributed by atoms with van der Waals surface area (Å²) in [6, 6.07) is 44.0. The third-order valence-corrected chi connectivity index (χ3v) is 12.9. The summed E-state index contributed by atoms with van der Waals surface area (Å²) in [5.74, 6) is 1.42. The highest BCUT2D eigenvalue weighted by Gasteiger charge is 2.57. The van der Waals surface area contributed by atoms with Crippen molar-refractivity contribution >= 4 is 46.2 Å². The van der Waals surface area contributed by atoms with E-state index in [1.165, 1.54) is 72.6 Å². The Morgan fingerprint density at radius 1 is 0.659 bits per heavy atom. The van der Waals surface area contributed by atoms with Gasteiger partial charge in [0.2, 0.25) is 6.71 Å². The molecule has 44 heavy (non-hydrogen) atoms. The lowest BCUT2D eigenvalue weighted by atomic mass is 9.29. The van der Waals surface area contributed by atoms with Crippen molar-refractivity contribution in [2.45, 2.75) is 40.5 Å². The molecule has 3 heteroatoms. The largest absolute Gasteiger partial charge is 0.333 e. The molecular weight excluding hydrogens is 549 g/mol. The predicted octanol–water partition coefficient (Wildman–Crippen LogP) is 7.48. The van der Waals surface area contributed by atoms with Crippen LogP contribution in [0, 0.1) is 11.8 Å². The number of allylic oxidation sites excluding steroid dienone is 3. The fraction of sp³-hybridized carbons (Fsp3) is 0.171. The molecule has 208 valence electrons. The zero-order chi connectivity index (χ0) is 28.8. The molecule has 0 N–H and O–H groups in total. The number of hydrogen-bond donors (Lipinski definition) is 0. The van der Waals surface area contributed by atoms with Crippen molar-refractivity contribution < 1.29 is 0 Å². The summed E-state index contributed by atoms with van der Waals surface area (Å²) in [5.41, 5.74) is 15.7. The Kier molecular flexibility index (Phi) is 4.44. The zero-order valence-electron chi connectivity index (χ0n) is 24.6. The van der Waals surface area contributed by atoms with Gasteiger partial charge in [-0.3, -0.25) is 0 Å². The number of nitrogens with zero attached hydrogens (tertiary/aromatic N) is 1. The smallest absolute Gasteiger partial charge is 0.250 e. The quantitative estimate of drug-likeness (QED) is 0.158. The normalized spacial score (nSPS) is 25.1. The minimum absolute atomic E-state index is 0.0851. The van der Waals surface area contributed by atoms with Gasteiger partial charge in [-0.25, -0.2) is 0 Å². The van der Waals surface area contributed by atoms with Crippen molar-refractivity contribution in [3.05, 3.63) is 161 Å². The fourth-order valence-corrected chi connectivity index (χ4v) is 11.4. The third kappa shape index (κ3) is 2.69. The highest BCUT2D eigenvalue weighted by Crippen LogP contribution is 2.61. The average molecular weight is 580 g/mol. The summed E-state index contributed by atoms with van der Waals surface area (Å²) >= 11 is 1.98. The van der Waals surface area contributed by atoms with Gasteiger partial charge in [0, 0.05) is 27.1 Å². The summed E-state index contributed by atoms with van der Waals surface area (Å²) in [4.78, 5) is 5.58. The molecule has 3 atom stereocenters. The summed E-state index contributed by atoms with van der Waals surface area (Å²) in [7, 11) is 0. The van der Waals surface area contributed by atoms with Gasteiger partial charge in [0.05, 0.1) is 11.0 Å². The molecule has 3 heterocycles. The maximum absolute atomic E-state index is 2.77. The maximum atomic E-state index is 2.77. The summed E-state index contributed by atoms with van der Waals surface area (Å²) in [6.07, 6.45) is 7.61. The molecule has 3 aliphatic heterocycles. The molecule has 3 unspecified atom stereocenters. The lowest BCUT2D eigenvalue weighted by Gasteiger charge is -2.59. The number of rotatable bonds is 3. The lowest BCUT2D eigenvalue weighted by Crippen LogP contribution is -2.69. The van der Waals surface area contributed by atoms with Crippen LogP contribution in [0.25, 0.3) is 0 Å². The van der Waals surface area contributed by atoms with E-state index in [1.807, 2.05) is 11.8 Å². The highest BCUT2D eigenvalue weighted by atomic mass is 32.2.